The van der Waals surface area contributed by atoms with Gasteiger partial charge < -0.3 is 9.13 Å². The van der Waals surface area contributed by atoms with Crippen LogP contribution in [0.25, 0.3) is 98.7 Å². The van der Waals surface area contributed by atoms with Crippen molar-refractivity contribution in [2.45, 2.75) is 0 Å². The molecule has 11 aromatic rings. The molecule has 0 bridgehead atoms. The van der Waals surface area contributed by atoms with Crippen molar-refractivity contribution in [3.05, 3.63) is 170 Å². The molecule has 50 heavy (non-hydrogen) atoms. The number of aromatic nitrogens is 4. The van der Waals surface area contributed by atoms with E-state index >= 15 is 0 Å². The third-order valence-corrected chi connectivity index (χ3v) is 10.4. The minimum atomic E-state index is 0.857. The Morgan fingerprint density at radius 3 is 1.38 bits per heavy atom. The highest BCUT2D eigenvalue weighted by Crippen LogP contribution is 2.41. The van der Waals surface area contributed by atoms with E-state index in [1.807, 2.05) is 30.6 Å². The van der Waals surface area contributed by atoms with Gasteiger partial charge in [0.15, 0.2) is 0 Å². The first-order valence-electron chi connectivity index (χ1n) is 17.0. The summed E-state index contributed by atoms with van der Waals surface area (Å²) < 4.78 is 4.78. The fourth-order valence-electron chi connectivity index (χ4n) is 8.28. The lowest BCUT2D eigenvalue weighted by molar-refractivity contribution is 1.16. The van der Waals surface area contributed by atoms with E-state index in [4.69, 9.17) is 9.97 Å². The van der Waals surface area contributed by atoms with Crippen LogP contribution in [0.3, 0.4) is 0 Å². The number of fused-ring (bicyclic) bond motifs is 12. The summed E-state index contributed by atoms with van der Waals surface area (Å²) >= 11 is 0. The number of hydrogen-bond acceptors (Lipinski definition) is 2. The number of para-hydroxylation sites is 3. The third-order valence-electron chi connectivity index (χ3n) is 10.4. The van der Waals surface area contributed by atoms with Gasteiger partial charge in [-0.3, -0.25) is 9.97 Å². The molecule has 0 spiro atoms. The van der Waals surface area contributed by atoms with E-state index in [0.717, 1.165) is 39.2 Å². The average Bonchev–Trinajstić information content (AvgIpc) is 3.71. The predicted molar refractivity (Wildman–Crippen MR) is 209 cm³/mol. The van der Waals surface area contributed by atoms with Crippen molar-refractivity contribution in [1.29, 1.82) is 0 Å². The number of hydrogen-bond donors (Lipinski definition) is 0. The zero-order valence-corrected chi connectivity index (χ0v) is 27.0. The monoisotopic (exact) mass is 636 g/mol. The van der Waals surface area contributed by atoms with E-state index in [-0.39, 0.29) is 0 Å². The summed E-state index contributed by atoms with van der Waals surface area (Å²) in [5, 5.41) is 12.3. The van der Waals surface area contributed by atoms with Crippen LogP contribution in [0.5, 0.6) is 0 Å². The second-order valence-electron chi connectivity index (χ2n) is 13.0. The molecule has 0 radical (unpaired) electrons. The molecule has 0 aliphatic heterocycles. The molecule has 0 atom stereocenters. The average molecular weight is 637 g/mol. The lowest BCUT2D eigenvalue weighted by atomic mass is 9.93. The summed E-state index contributed by atoms with van der Waals surface area (Å²) in [5.74, 6) is 0. The van der Waals surface area contributed by atoms with Crippen LogP contribution in [-0.2, 0) is 0 Å². The Labute approximate surface area is 287 Å². The van der Waals surface area contributed by atoms with Crippen LogP contribution in [0, 0.1) is 0 Å². The van der Waals surface area contributed by atoms with Gasteiger partial charge in [-0.05, 0) is 93.0 Å². The van der Waals surface area contributed by atoms with Gasteiger partial charge in [0.25, 0.3) is 0 Å². The third kappa shape index (κ3) is 3.76. The molecular weight excluding hydrogens is 609 g/mol. The Hall–Kier alpha value is -6.78. The Balaban J connectivity index is 1.26. The molecule has 7 aromatic carbocycles. The van der Waals surface area contributed by atoms with Crippen molar-refractivity contribution in [2.24, 2.45) is 0 Å². The standard InChI is InChI=1S/C46H28N4/c1-2-12-32-31(11-1)33-22-20-29(49-42-17-6-3-13-35(42)36-14-4-7-18-43(36)49)27-39(33)40-28-30(21-23-34(32)40)50-44-19-8-5-15-37(44)38-24-26-48-45(46(38)50)41-16-9-10-25-47-41/h1-28H. The number of rotatable bonds is 3. The summed E-state index contributed by atoms with van der Waals surface area (Å²) in [6.07, 6.45) is 3.74. The predicted octanol–water partition coefficient (Wildman–Crippen LogP) is 11.8. The van der Waals surface area contributed by atoms with Gasteiger partial charge in [0, 0.05) is 45.3 Å². The minimum absolute atomic E-state index is 0.857. The van der Waals surface area contributed by atoms with Gasteiger partial charge >= 0.3 is 0 Å². The van der Waals surface area contributed by atoms with E-state index in [1.54, 1.807) is 0 Å². The summed E-state index contributed by atoms with van der Waals surface area (Å²) in [7, 11) is 0. The van der Waals surface area contributed by atoms with E-state index in [2.05, 4.69) is 149 Å². The van der Waals surface area contributed by atoms with Crippen molar-refractivity contribution in [1.82, 2.24) is 19.1 Å². The Bertz CT molecular complexity index is 3100. The molecule has 4 heteroatoms. The van der Waals surface area contributed by atoms with E-state index < -0.39 is 0 Å². The summed E-state index contributed by atoms with van der Waals surface area (Å²) in [4.78, 5) is 9.64. The minimum Gasteiger partial charge on any atom is -0.309 e. The number of pyridine rings is 2. The van der Waals surface area contributed by atoms with Crippen molar-refractivity contribution < 1.29 is 0 Å². The fraction of sp³-hybridized carbons (Fsp3) is 0. The molecule has 0 aliphatic carbocycles. The van der Waals surface area contributed by atoms with Crippen LogP contribution >= 0.6 is 0 Å². The molecule has 4 aromatic heterocycles. The Morgan fingerprint density at radius 2 is 0.800 bits per heavy atom. The first-order valence-corrected chi connectivity index (χ1v) is 17.0. The quantitative estimate of drug-likeness (QED) is 0.181. The second kappa shape index (κ2) is 10.4. The molecule has 11 rings (SSSR count). The van der Waals surface area contributed by atoms with E-state index in [0.29, 0.717) is 0 Å². The maximum absolute atomic E-state index is 4.92. The van der Waals surface area contributed by atoms with Crippen LogP contribution in [-0.4, -0.2) is 19.1 Å². The molecule has 0 aliphatic rings. The molecule has 0 saturated carbocycles. The van der Waals surface area contributed by atoms with Gasteiger partial charge in [0.05, 0.1) is 27.8 Å². The smallest absolute Gasteiger partial charge is 0.113 e. The zero-order valence-electron chi connectivity index (χ0n) is 27.0. The van der Waals surface area contributed by atoms with E-state index in [9.17, 15) is 0 Å². The van der Waals surface area contributed by atoms with Gasteiger partial charge in [-0.25, -0.2) is 0 Å². The van der Waals surface area contributed by atoms with Gasteiger partial charge in [-0.2, -0.15) is 0 Å². The van der Waals surface area contributed by atoms with Crippen molar-refractivity contribution >= 4 is 75.9 Å². The lowest BCUT2D eigenvalue weighted by Crippen LogP contribution is -1.98. The van der Waals surface area contributed by atoms with Gasteiger partial charge in [-0.1, -0.05) is 97.1 Å². The molecule has 4 nitrogen and oxygen atoms in total. The van der Waals surface area contributed by atoms with Crippen LogP contribution in [0.4, 0.5) is 0 Å². The van der Waals surface area contributed by atoms with Gasteiger partial charge in [0.1, 0.15) is 5.69 Å². The normalized spacial score (nSPS) is 12.0. The fourth-order valence-corrected chi connectivity index (χ4v) is 8.28. The van der Waals surface area contributed by atoms with Crippen LogP contribution < -0.4 is 0 Å². The maximum atomic E-state index is 4.92. The number of benzene rings is 7. The molecule has 0 fully saturated rings. The van der Waals surface area contributed by atoms with Crippen molar-refractivity contribution in [3.63, 3.8) is 0 Å². The maximum Gasteiger partial charge on any atom is 0.113 e. The first-order chi connectivity index (χ1) is 24.8. The van der Waals surface area contributed by atoms with Gasteiger partial charge in [-0.15, -0.1) is 0 Å². The zero-order chi connectivity index (χ0) is 32.8. The molecule has 0 saturated heterocycles. The number of nitrogens with zero attached hydrogens (tertiary/aromatic N) is 4. The molecule has 0 amide bonds. The summed E-state index contributed by atoms with van der Waals surface area (Å²) in [6, 6.07) is 56.9. The molecule has 232 valence electrons. The van der Waals surface area contributed by atoms with Crippen LogP contribution in [0.1, 0.15) is 0 Å². The van der Waals surface area contributed by atoms with Gasteiger partial charge in [0.2, 0.25) is 0 Å². The van der Waals surface area contributed by atoms with Crippen molar-refractivity contribution in [3.8, 4) is 22.8 Å². The van der Waals surface area contributed by atoms with Crippen LogP contribution in [0.15, 0.2) is 170 Å². The molecule has 0 N–H and O–H groups in total. The Kier molecular flexibility index (Phi) is 5.63. The highest BCUT2D eigenvalue weighted by Gasteiger charge is 2.19. The topological polar surface area (TPSA) is 35.6 Å². The lowest BCUT2D eigenvalue weighted by Gasteiger charge is -2.16. The molecular formula is C46H28N4. The summed E-state index contributed by atoms with van der Waals surface area (Å²) in [6.45, 7) is 0. The summed E-state index contributed by atoms with van der Waals surface area (Å²) in [5.41, 5.74) is 8.58. The second-order valence-corrected chi connectivity index (χ2v) is 13.0. The Morgan fingerprint density at radius 1 is 0.320 bits per heavy atom. The first kappa shape index (κ1) is 27.2. The van der Waals surface area contributed by atoms with E-state index in [1.165, 1.54) is 59.5 Å². The SMILES string of the molecule is c1ccc(-c2nccc3c4ccccc4n(-c4ccc5c6ccccc6c6ccc(-n7c8ccccc8c8ccccc87)cc6c5c4)c23)nc1. The molecule has 4 heterocycles. The van der Waals surface area contributed by atoms with Crippen LogP contribution in [0.2, 0.25) is 0 Å². The van der Waals surface area contributed by atoms with Crippen molar-refractivity contribution in [2.75, 3.05) is 0 Å². The highest BCUT2D eigenvalue weighted by molar-refractivity contribution is 6.26. The largest absolute Gasteiger partial charge is 0.309 e. The highest BCUT2D eigenvalue weighted by atomic mass is 15.0. The molecule has 0 unspecified atom stereocenters.